The number of nitrogens with zero attached hydrogens (tertiary/aromatic N) is 2. The van der Waals surface area contributed by atoms with Crippen LogP contribution in [0.2, 0.25) is 0 Å². The van der Waals surface area contributed by atoms with Crippen molar-refractivity contribution in [3.63, 3.8) is 0 Å². The molecular formula is C17H21N3O5. The number of hydrogen-bond acceptors (Lipinski definition) is 6. The third kappa shape index (κ3) is 6.64. The number of nitrogens with one attached hydrogen (secondary N) is 1. The number of aryl methyl sites for hydroxylation is 1. The van der Waals surface area contributed by atoms with Crippen molar-refractivity contribution in [1.82, 2.24) is 10.1 Å². The van der Waals surface area contributed by atoms with E-state index in [9.17, 15) is 9.59 Å². The van der Waals surface area contributed by atoms with Gasteiger partial charge >= 0.3 is 0 Å². The molecule has 0 fully saturated rings. The molecule has 0 aliphatic carbocycles. The summed E-state index contributed by atoms with van der Waals surface area (Å²) in [5.41, 5.74) is 0. The van der Waals surface area contributed by atoms with Crippen LogP contribution in [0.4, 0.5) is 5.82 Å². The summed E-state index contributed by atoms with van der Waals surface area (Å²) >= 11 is 0. The van der Waals surface area contributed by atoms with E-state index in [2.05, 4.69) is 10.5 Å². The highest BCUT2D eigenvalue weighted by Gasteiger charge is 2.14. The van der Waals surface area contributed by atoms with Gasteiger partial charge in [-0.3, -0.25) is 9.59 Å². The number of anilines is 1. The number of carbonyl (C=O) groups excluding carboxylic acids is 2. The molecule has 1 aromatic heterocycles. The molecule has 2 rings (SSSR count). The Morgan fingerprint density at radius 2 is 2.00 bits per heavy atom. The Balaban J connectivity index is 1.60. The normalized spacial score (nSPS) is 10.3. The standard InChI is InChI=1S/C17H21N3O5/c1-13-10-15(19-25-13)18-16(21)11-20(2)17(22)12-23-8-9-24-14-6-4-3-5-7-14/h3-7,10H,8-9,11-12H2,1-2H3,(H,18,19,21). The lowest BCUT2D eigenvalue weighted by atomic mass is 10.3. The van der Waals surface area contributed by atoms with Crippen molar-refractivity contribution in [3.8, 4) is 5.75 Å². The van der Waals surface area contributed by atoms with Gasteiger partial charge in [0.1, 0.15) is 24.7 Å². The highest BCUT2D eigenvalue weighted by Crippen LogP contribution is 2.08. The van der Waals surface area contributed by atoms with Gasteiger partial charge in [-0.05, 0) is 19.1 Å². The molecule has 8 nitrogen and oxygen atoms in total. The van der Waals surface area contributed by atoms with Crippen LogP contribution >= 0.6 is 0 Å². The number of rotatable bonds is 9. The second kappa shape index (κ2) is 9.43. The van der Waals surface area contributed by atoms with Crippen LogP contribution in [0.15, 0.2) is 40.9 Å². The number of likely N-dealkylation sites (N-methyl/N-ethyl adjacent to an activating group) is 1. The monoisotopic (exact) mass is 347 g/mol. The van der Waals surface area contributed by atoms with Gasteiger partial charge in [0.2, 0.25) is 11.8 Å². The van der Waals surface area contributed by atoms with Crippen LogP contribution in [0.5, 0.6) is 5.75 Å². The zero-order valence-electron chi connectivity index (χ0n) is 14.2. The van der Waals surface area contributed by atoms with Gasteiger partial charge in [0, 0.05) is 13.1 Å². The first-order valence-electron chi connectivity index (χ1n) is 7.77. The third-order valence-electron chi connectivity index (χ3n) is 3.17. The number of ether oxygens (including phenoxy) is 2. The minimum absolute atomic E-state index is 0.103. The fourth-order valence-electron chi connectivity index (χ4n) is 1.92. The molecule has 0 aliphatic heterocycles. The van der Waals surface area contributed by atoms with Crippen LogP contribution in [0.1, 0.15) is 5.76 Å². The summed E-state index contributed by atoms with van der Waals surface area (Å²) < 4.78 is 15.6. The minimum atomic E-state index is -0.364. The zero-order chi connectivity index (χ0) is 18.1. The van der Waals surface area contributed by atoms with Gasteiger partial charge in [0.25, 0.3) is 0 Å². The Hall–Kier alpha value is -2.87. The Morgan fingerprint density at radius 1 is 1.24 bits per heavy atom. The molecule has 0 saturated heterocycles. The van der Waals surface area contributed by atoms with E-state index in [0.29, 0.717) is 18.2 Å². The highest BCUT2D eigenvalue weighted by atomic mass is 16.5. The molecular weight excluding hydrogens is 326 g/mol. The Kier molecular flexibility index (Phi) is 6.97. The summed E-state index contributed by atoms with van der Waals surface area (Å²) in [6.45, 7) is 2.11. The summed E-state index contributed by atoms with van der Waals surface area (Å²) in [6.07, 6.45) is 0. The number of aromatic nitrogens is 1. The second-order valence-corrected chi connectivity index (χ2v) is 5.33. The van der Waals surface area contributed by atoms with Crippen molar-refractivity contribution in [2.45, 2.75) is 6.92 Å². The van der Waals surface area contributed by atoms with Gasteiger partial charge in [0.05, 0.1) is 13.2 Å². The van der Waals surface area contributed by atoms with E-state index in [-0.39, 0.29) is 31.6 Å². The first kappa shape index (κ1) is 18.5. The van der Waals surface area contributed by atoms with E-state index in [0.717, 1.165) is 5.75 Å². The molecule has 0 bridgehead atoms. The highest BCUT2D eigenvalue weighted by molar-refractivity contribution is 5.93. The number of carbonyl (C=O) groups is 2. The molecule has 0 spiro atoms. The van der Waals surface area contributed by atoms with Crippen LogP contribution in [0.25, 0.3) is 0 Å². The SMILES string of the molecule is Cc1cc(NC(=O)CN(C)C(=O)COCCOc2ccccc2)no1. The van der Waals surface area contributed by atoms with Crippen molar-refractivity contribution >= 4 is 17.6 Å². The number of hydrogen-bond donors (Lipinski definition) is 1. The predicted molar refractivity (Wildman–Crippen MR) is 90.3 cm³/mol. The number of benzene rings is 1. The second-order valence-electron chi connectivity index (χ2n) is 5.33. The largest absolute Gasteiger partial charge is 0.491 e. The summed E-state index contributed by atoms with van der Waals surface area (Å²) in [5.74, 6) is 0.987. The Bertz CT molecular complexity index is 687. The Morgan fingerprint density at radius 3 is 2.68 bits per heavy atom. The molecule has 2 aromatic rings. The molecule has 1 heterocycles. The quantitative estimate of drug-likeness (QED) is 0.691. The van der Waals surface area contributed by atoms with Crippen LogP contribution < -0.4 is 10.1 Å². The van der Waals surface area contributed by atoms with E-state index in [1.165, 1.54) is 11.9 Å². The number of amides is 2. The average Bonchev–Trinajstić information content (AvgIpc) is 2.99. The van der Waals surface area contributed by atoms with Crippen LogP contribution in [-0.4, -0.2) is 55.3 Å². The maximum Gasteiger partial charge on any atom is 0.248 e. The van der Waals surface area contributed by atoms with Crippen LogP contribution in [0.3, 0.4) is 0 Å². The molecule has 8 heteroatoms. The molecule has 0 unspecified atom stereocenters. The first-order chi connectivity index (χ1) is 12.0. The molecule has 0 atom stereocenters. The Labute approximate surface area is 145 Å². The summed E-state index contributed by atoms with van der Waals surface area (Å²) in [5, 5.41) is 6.20. The summed E-state index contributed by atoms with van der Waals surface area (Å²) in [7, 11) is 1.53. The molecule has 0 radical (unpaired) electrons. The predicted octanol–water partition coefficient (Wildman–Crippen LogP) is 1.48. The average molecular weight is 347 g/mol. The zero-order valence-corrected chi connectivity index (χ0v) is 14.2. The molecule has 134 valence electrons. The fraction of sp³-hybridized carbons (Fsp3) is 0.353. The van der Waals surface area contributed by atoms with Gasteiger partial charge in [0.15, 0.2) is 5.82 Å². The lowest BCUT2D eigenvalue weighted by Gasteiger charge is -2.16. The lowest BCUT2D eigenvalue weighted by molar-refractivity contribution is -0.137. The van der Waals surface area contributed by atoms with E-state index < -0.39 is 0 Å². The van der Waals surface area contributed by atoms with Crippen molar-refractivity contribution in [3.05, 3.63) is 42.2 Å². The summed E-state index contributed by atoms with van der Waals surface area (Å²) in [4.78, 5) is 25.0. The maximum atomic E-state index is 11.9. The van der Waals surface area contributed by atoms with Gasteiger partial charge in [-0.2, -0.15) is 0 Å². The molecule has 0 aliphatic rings. The molecule has 1 aromatic carbocycles. The van der Waals surface area contributed by atoms with E-state index >= 15 is 0 Å². The fourth-order valence-corrected chi connectivity index (χ4v) is 1.92. The first-order valence-corrected chi connectivity index (χ1v) is 7.77. The van der Waals surface area contributed by atoms with Crippen LogP contribution in [-0.2, 0) is 14.3 Å². The van der Waals surface area contributed by atoms with Crippen molar-refractivity contribution in [2.24, 2.45) is 0 Å². The number of para-hydroxylation sites is 1. The van der Waals surface area contributed by atoms with Crippen LogP contribution in [0, 0.1) is 6.92 Å². The smallest absolute Gasteiger partial charge is 0.248 e. The maximum absolute atomic E-state index is 11.9. The van der Waals surface area contributed by atoms with E-state index in [4.69, 9.17) is 14.0 Å². The molecule has 1 N–H and O–H groups in total. The van der Waals surface area contributed by atoms with E-state index in [1.807, 2.05) is 30.3 Å². The molecule has 2 amide bonds. The van der Waals surface area contributed by atoms with E-state index in [1.54, 1.807) is 13.0 Å². The van der Waals surface area contributed by atoms with Crippen molar-refractivity contribution in [2.75, 3.05) is 38.7 Å². The van der Waals surface area contributed by atoms with Gasteiger partial charge < -0.3 is 24.2 Å². The lowest BCUT2D eigenvalue weighted by Crippen LogP contribution is -2.37. The molecule has 0 saturated carbocycles. The minimum Gasteiger partial charge on any atom is -0.491 e. The van der Waals surface area contributed by atoms with Gasteiger partial charge in [-0.1, -0.05) is 23.4 Å². The summed E-state index contributed by atoms with van der Waals surface area (Å²) in [6, 6.07) is 10.9. The van der Waals surface area contributed by atoms with Gasteiger partial charge in [-0.15, -0.1) is 0 Å². The third-order valence-corrected chi connectivity index (χ3v) is 3.17. The topological polar surface area (TPSA) is 93.9 Å². The van der Waals surface area contributed by atoms with Crippen molar-refractivity contribution in [1.29, 1.82) is 0 Å². The van der Waals surface area contributed by atoms with Crippen molar-refractivity contribution < 1.29 is 23.6 Å². The molecule has 25 heavy (non-hydrogen) atoms. The van der Waals surface area contributed by atoms with Gasteiger partial charge in [-0.25, -0.2) is 0 Å².